The molecule has 0 aliphatic rings. The van der Waals surface area contributed by atoms with Gasteiger partial charge in [-0.3, -0.25) is 9.59 Å². The lowest BCUT2D eigenvalue weighted by molar-refractivity contribution is -0.148. The van der Waals surface area contributed by atoms with Crippen molar-refractivity contribution in [3.63, 3.8) is 0 Å². The fourth-order valence-electron chi connectivity index (χ4n) is 2.83. The third-order valence-electron chi connectivity index (χ3n) is 4.61. The molecule has 3 rings (SSSR count). The molecule has 0 fully saturated rings. The Labute approximate surface area is 183 Å². The summed E-state index contributed by atoms with van der Waals surface area (Å²) in [5.74, 6) is -0.908. The third kappa shape index (κ3) is 6.65. The van der Waals surface area contributed by atoms with E-state index in [1.54, 1.807) is 6.07 Å². The second kappa shape index (κ2) is 10.7. The molecule has 0 saturated carbocycles. The molecular formula is C22H25N3O5S. The Bertz CT molecular complexity index is 1050. The van der Waals surface area contributed by atoms with Crippen molar-refractivity contribution in [3.8, 4) is 10.8 Å². The van der Waals surface area contributed by atoms with Gasteiger partial charge in [0.25, 0.3) is 11.8 Å². The Kier molecular flexibility index (Phi) is 7.77. The standard InChI is InChI=1S/C22H25N3O5S/c1-15(2)17-7-5-16(6-8-17)9-11-23-19(26)14-29-20(27)10-12-25-22(28)30-21(24-25)18-4-3-13-31-18/h3-8,13,15H,9-12,14H2,1-2H3,(H,23,26). The maximum Gasteiger partial charge on any atom is 0.437 e. The van der Waals surface area contributed by atoms with E-state index in [0.29, 0.717) is 18.9 Å². The molecule has 0 aliphatic heterocycles. The van der Waals surface area contributed by atoms with Gasteiger partial charge in [0.2, 0.25) is 0 Å². The van der Waals surface area contributed by atoms with Gasteiger partial charge in [-0.25, -0.2) is 4.79 Å². The minimum atomic E-state index is -0.643. The summed E-state index contributed by atoms with van der Waals surface area (Å²) >= 11 is 1.40. The predicted molar refractivity (Wildman–Crippen MR) is 117 cm³/mol. The van der Waals surface area contributed by atoms with E-state index < -0.39 is 11.7 Å². The van der Waals surface area contributed by atoms with Crippen molar-refractivity contribution in [3.05, 3.63) is 63.5 Å². The Morgan fingerprint density at radius 2 is 2.00 bits per heavy atom. The number of hydrogen-bond acceptors (Lipinski definition) is 7. The number of aromatic nitrogens is 2. The van der Waals surface area contributed by atoms with Gasteiger partial charge in [-0.2, -0.15) is 4.68 Å². The van der Waals surface area contributed by atoms with Crippen LogP contribution in [0.5, 0.6) is 0 Å². The summed E-state index contributed by atoms with van der Waals surface area (Å²) < 4.78 is 11.1. The molecule has 0 aliphatic carbocycles. The van der Waals surface area contributed by atoms with Gasteiger partial charge in [0.05, 0.1) is 17.8 Å². The van der Waals surface area contributed by atoms with Gasteiger partial charge in [-0.1, -0.05) is 44.2 Å². The summed E-state index contributed by atoms with van der Waals surface area (Å²) in [6.45, 7) is 4.39. The molecule has 0 saturated heterocycles. The van der Waals surface area contributed by atoms with Crippen molar-refractivity contribution >= 4 is 23.2 Å². The molecule has 3 aromatic rings. The van der Waals surface area contributed by atoms with Crippen LogP contribution in [-0.2, 0) is 27.3 Å². The molecule has 0 unspecified atom stereocenters. The first kappa shape index (κ1) is 22.5. The summed E-state index contributed by atoms with van der Waals surface area (Å²) in [4.78, 5) is 36.3. The molecule has 2 heterocycles. The van der Waals surface area contributed by atoms with Crippen molar-refractivity contribution in [1.29, 1.82) is 0 Å². The van der Waals surface area contributed by atoms with Crippen LogP contribution in [0.1, 0.15) is 37.3 Å². The van der Waals surface area contributed by atoms with E-state index in [1.165, 1.54) is 16.9 Å². The number of nitrogens with one attached hydrogen (secondary N) is 1. The summed E-state index contributed by atoms with van der Waals surface area (Å²) in [5.41, 5.74) is 2.40. The average Bonchev–Trinajstić information content (AvgIpc) is 3.41. The van der Waals surface area contributed by atoms with E-state index in [4.69, 9.17) is 9.15 Å². The second-order valence-corrected chi connectivity index (χ2v) is 8.23. The highest BCUT2D eigenvalue weighted by molar-refractivity contribution is 7.13. The van der Waals surface area contributed by atoms with Crippen LogP contribution in [0, 0.1) is 0 Å². The predicted octanol–water partition coefficient (Wildman–Crippen LogP) is 2.98. The number of hydrogen-bond donors (Lipinski definition) is 1. The number of benzene rings is 1. The summed E-state index contributed by atoms with van der Waals surface area (Å²) in [6, 6.07) is 11.9. The van der Waals surface area contributed by atoms with Gasteiger partial charge in [0.1, 0.15) is 0 Å². The van der Waals surface area contributed by atoms with E-state index in [2.05, 4.69) is 48.5 Å². The smallest absolute Gasteiger partial charge is 0.437 e. The largest absolute Gasteiger partial charge is 0.456 e. The van der Waals surface area contributed by atoms with Gasteiger partial charge in [-0.15, -0.1) is 16.4 Å². The highest BCUT2D eigenvalue weighted by Gasteiger charge is 2.13. The zero-order valence-corrected chi connectivity index (χ0v) is 18.3. The topological polar surface area (TPSA) is 103 Å². The zero-order chi connectivity index (χ0) is 22.2. The number of rotatable bonds is 10. The third-order valence-corrected chi connectivity index (χ3v) is 5.47. The first-order valence-electron chi connectivity index (χ1n) is 10.1. The lowest BCUT2D eigenvalue weighted by Gasteiger charge is -2.08. The number of carbonyl (C=O) groups is 2. The molecule has 8 nitrogen and oxygen atoms in total. The van der Waals surface area contributed by atoms with Crippen LogP contribution in [0.4, 0.5) is 0 Å². The van der Waals surface area contributed by atoms with Crippen LogP contribution in [0.3, 0.4) is 0 Å². The average molecular weight is 444 g/mol. The molecule has 164 valence electrons. The second-order valence-electron chi connectivity index (χ2n) is 7.28. The first-order chi connectivity index (χ1) is 14.9. The Morgan fingerprint density at radius 3 is 2.68 bits per heavy atom. The quantitative estimate of drug-likeness (QED) is 0.483. The lowest BCUT2D eigenvalue weighted by Crippen LogP contribution is -2.30. The Balaban J connectivity index is 1.35. The molecule has 31 heavy (non-hydrogen) atoms. The Hall–Kier alpha value is -3.20. The van der Waals surface area contributed by atoms with E-state index in [0.717, 1.165) is 15.1 Å². The molecule has 0 atom stereocenters. The molecular weight excluding hydrogens is 418 g/mol. The van der Waals surface area contributed by atoms with E-state index in [9.17, 15) is 14.4 Å². The molecule has 0 radical (unpaired) electrons. The van der Waals surface area contributed by atoms with Gasteiger partial charge in [0, 0.05) is 6.54 Å². The molecule has 0 bridgehead atoms. The first-order valence-corrected chi connectivity index (χ1v) is 10.9. The molecule has 1 amide bonds. The number of aryl methyl sites for hydroxylation is 1. The van der Waals surface area contributed by atoms with E-state index in [1.807, 2.05) is 11.4 Å². The Morgan fingerprint density at radius 1 is 1.23 bits per heavy atom. The van der Waals surface area contributed by atoms with Crippen LogP contribution in [0.15, 0.2) is 51.0 Å². The number of amides is 1. The van der Waals surface area contributed by atoms with Gasteiger partial charge in [0.15, 0.2) is 6.61 Å². The molecule has 9 heteroatoms. The summed E-state index contributed by atoms with van der Waals surface area (Å²) in [5, 5.41) is 8.64. The van der Waals surface area contributed by atoms with Crippen LogP contribution < -0.4 is 11.1 Å². The maximum atomic E-state index is 11.9. The molecule has 2 aromatic heterocycles. The van der Waals surface area contributed by atoms with Crippen LogP contribution >= 0.6 is 11.3 Å². The van der Waals surface area contributed by atoms with Crippen molar-refractivity contribution in [1.82, 2.24) is 15.1 Å². The number of esters is 1. The van der Waals surface area contributed by atoms with Gasteiger partial charge >= 0.3 is 11.7 Å². The maximum absolute atomic E-state index is 11.9. The minimum Gasteiger partial charge on any atom is -0.456 e. The molecule has 1 N–H and O–H groups in total. The minimum absolute atomic E-state index is 0.0144. The highest BCUT2D eigenvalue weighted by Crippen LogP contribution is 2.21. The van der Waals surface area contributed by atoms with Crippen molar-refractivity contribution in [2.75, 3.05) is 13.2 Å². The van der Waals surface area contributed by atoms with Crippen molar-refractivity contribution in [2.24, 2.45) is 0 Å². The van der Waals surface area contributed by atoms with Crippen molar-refractivity contribution < 1.29 is 18.7 Å². The summed E-state index contributed by atoms with van der Waals surface area (Å²) in [7, 11) is 0. The number of ether oxygens (including phenoxy) is 1. The van der Waals surface area contributed by atoms with Gasteiger partial charge < -0.3 is 14.5 Å². The number of thiophene rings is 1. The summed E-state index contributed by atoms with van der Waals surface area (Å²) in [6.07, 6.45) is 0.603. The van der Waals surface area contributed by atoms with Crippen LogP contribution in [-0.4, -0.2) is 34.8 Å². The van der Waals surface area contributed by atoms with Crippen LogP contribution in [0.25, 0.3) is 10.8 Å². The molecule has 0 spiro atoms. The highest BCUT2D eigenvalue weighted by atomic mass is 32.1. The number of nitrogens with zero attached hydrogens (tertiary/aromatic N) is 2. The molecule has 1 aromatic carbocycles. The monoisotopic (exact) mass is 443 g/mol. The SMILES string of the molecule is CC(C)c1ccc(CCNC(=O)COC(=O)CCn2nc(-c3cccs3)oc2=O)cc1. The fraction of sp³-hybridized carbons (Fsp3) is 0.364. The normalized spacial score (nSPS) is 10.9. The lowest BCUT2D eigenvalue weighted by atomic mass is 10.0. The van der Waals surface area contributed by atoms with E-state index >= 15 is 0 Å². The van der Waals surface area contributed by atoms with Gasteiger partial charge in [-0.05, 0) is 34.9 Å². The van der Waals surface area contributed by atoms with Crippen molar-refractivity contribution in [2.45, 2.75) is 39.2 Å². The zero-order valence-electron chi connectivity index (χ0n) is 17.5. The van der Waals surface area contributed by atoms with Crippen LogP contribution in [0.2, 0.25) is 0 Å². The number of carbonyl (C=O) groups excluding carboxylic acids is 2. The fourth-order valence-corrected chi connectivity index (χ4v) is 3.47. The van der Waals surface area contributed by atoms with E-state index in [-0.39, 0.29) is 31.4 Å².